The van der Waals surface area contributed by atoms with E-state index in [4.69, 9.17) is 4.74 Å². The molecule has 2 aliphatic rings. The number of carbonyl (C=O) groups is 1. The van der Waals surface area contributed by atoms with E-state index in [0.29, 0.717) is 30.8 Å². The molecule has 1 fully saturated rings. The monoisotopic (exact) mass is 502 g/mol. The summed E-state index contributed by atoms with van der Waals surface area (Å²) in [5, 5.41) is 12.0. The van der Waals surface area contributed by atoms with Crippen molar-refractivity contribution >= 4 is 23.6 Å². The van der Waals surface area contributed by atoms with Crippen LogP contribution in [-0.2, 0) is 11.3 Å². The molecule has 0 unspecified atom stereocenters. The summed E-state index contributed by atoms with van der Waals surface area (Å²) in [5.74, 6) is 1.53. The van der Waals surface area contributed by atoms with Gasteiger partial charge in [0.25, 0.3) is 0 Å². The first-order chi connectivity index (χ1) is 18.2. The zero-order valence-corrected chi connectivity index (χ0v) is 20.7. The first-order valence-electron chi connectivity index (χ1n) is 12.4. The fraction of sp³-hybridized carbons (Fsp3) is 0.360. The molecule has 3 aromatic rings. The largest absolute Gasteiger partial charge is 0.379 e. The molecule has 2 aliphatic heterocycles. The van der Waals surface area contributed by atoms with Crippen LogP contribution in [0.1, 0.15) is 12.5 Å². The maximum Gasteiger partial charge on any atom is 0.321 e. The number of ether oxygens (including phenoxy) is 1. The lowest BCUT2D eigenvalue weighted by Gasteiger charge is -2.26. The van der Waals surface area contributed by atoms with Gasteiger partial charge in [-0.3, -0.25) is 10.2 Å². The highest BCUT2D eigenvalue weighted by Crippen LogP contribution is 2.36. The number of urea groups is 1. The molecule has 192 valence electrons. The number of rotatable bonds is 7. The van der Waals surface area contributed by atoms with E-state index in [-0.39, 0.29) is 6.03 Å². The molecule has 2 amide bonds. The Balaban J connectivity index is 1.35. The number of aliphatic imine (C=N–C) groups is 1. The van der Waals surface area contributed by atoms with Crippen molar-refractivity contribution in [2.24, 2.45) is 4.99 Å². The molecular weight excluding hydrogens is 472 g/mol. The second-order valence-corrected chi connectivity index (χ2v) is 8.58. The van der Waals surface area contributed by atoms with Gasteiger partial charge in [-0.05, 0) is 36.2 Å². The van der Waals surface area contributed by atoms with Crippen LogP contribution in [-0.4, -0.2) is 82.8 Å². The molecule has 4 N–H and O–H groups in total. The molecule has 12 nitrogen and oxygen atoms in total. The lowest BCUT2D eigenvalue weighted by atomic mass is 9.97. The van der Waals surface area contributed by atoms with E-state index in [0.717, 1.165) is 67.3 Å². The molecule has 0 atom stereocenters. The summed E-state index contributed by atoms with van der Waals surface area (Å²) in [4.78, 5) is 36.8. The number of carbonyl (C=O) groups excluding carboxylic acids is 1. The third-order valence-electron chi connectivity index (χ3n) is 6.05. The molecule has 0 aliphatic carbocycles. The van der Waals surface area contributed by atoms with Crippen molar-refractivity contribution in [1.82, 2.24) is 35.5 Å². The molecule has 2 aromatic heterocycles. The zero-order valence-electron chi connectivity index (χ0n) is 20.7. The average Bonchev–Trinajstić information content (AvgIpc) is 2.94. The quantitative estimate of drug-likeness (QED) is 0.381. The highest BCUT2D eigenvalue weighted by Gasteiger charge is 2.21. The lowest BCUT2D eigenvalue weighted by molar-refractivity contribution is 0.0398. The molecule has 1 saturated heterocycles. The minimum atomic E-state index is -0.317. The first-order valence-corrected chi connectivity index (χ1v) is 12.4. The number of hydrogen-bond donors (Lipinski definition) is 4. The molecule has 0 radical (unpaired) electrons. The molecule has 0 bridgehead atoms. The minimum Gasteiger partial charge on any atom is -0.379 e. The van der Waals surface area contributed by atoms with Gasteiger partial charge in [0, 0.05) is 68.6 Å². The zero-order chi connectivity index (χ0) is 25.5. The molecule has 0 saturated carbocycles. The Morgan fingerprint density at radius 2 is 1.86 bits per heavy atom. The number of nitrogens with one attached hydrogen (secondary N) is 4. The molecule has 37 heavy (non-hydrogen) atoms. The van der Waals surface area contributed by atoms with Gasteiger partial charge in [-0.2, -0.15) is 0 Å². The Morgan fingerprint density at radius 3 is 2.62 bits per heavy atom. The van der Waals surface area contributed by atoms with Gasteiger partial charge < -0.3 is 20.7 Å². The van der Waals surface area contributed by atoms with E-state index < -0.39 is 0 Å². The summed E-state index contributed by atoms with van der Waals surface area (Å²) in [5.41, 5.74) is 4.35. The molecule has 5 rings (SSSR count). The molecule has 1 aromatic carbocycles. The van der Waals surface area contributed by atoms with Crippen molar-refractivity contribution < 1.29 is 9.53 Å². The first kappa shape index (κ1) is 24.5. The van der Waals surface area contributed by atoms with Crippen molar-refractivity contribution in [3.63, 3.8) is 0 Å². The standard InChI is InChI=1S/C25H30N10O2/c1-2-26-25(36)34-24-32-14-18-12-17(13-20(21(18)33-24)22-27-4-3-5-28-22)19-15-30-23(31-16-19)29-6-7-35-8-10-37-11-9-35/h3-5,12-13,15-16H,2,6-11,14H2,1H3,(H,29,30,31)(H3,26,32,33,34,36). The third kappa shape index (κ3) is 6.16. The van der Waals surface area contributed by atoms with Gasteiger partial charge in [0.1, 0.15) is 0 Å². The smallest absolute Gasteiger partial charge is 0.321 e. The number of benzene rings is 1. The minimum absolute atomic E-state index is 0.317. The lowest BCUT2D eigenvalue weighted by Crippen LogP contribution is -2.43. The van der Waals surface area contributed by atoms with Crippen LogP contribution < -0.4 is 21.3 Å². The summed E-state index contributed by atoms with van der Waals surface area (Å²) in [7, 11) is 0. The van der Waals surface area contributed by atoms with Crippen LogP contribution in [0.15, 0.2) is 48.0 Å². The van der Waals surface area contributed by atoms with Gasteiger partial charge in [-0.15, -0.1) is 0 Å². The van der Waals surface area contributed by atoms with Gasteiger partial charge in [-0.1, -0.05) is 0 Å². The van der Waals surface area contributed by atoms with E-state index in [2.05, 4.69) is 51.1 Å². The van der Waals surface area contributed by atoms with Crippen molar-refractivity contribution in [3.05, 3.63) is 48.5 Å². The van der Waals surface area contributed by atoms with Gasteiger partial charge in [0.15, 0.2) is 5.82 Å². The van der Waals surface area contributed by atoms with Crippen molar-refractivity contribution in [1.29, 1.82) is 0 Å². The predicted octanol–water partition coefficient (Wildman–Crippen LogP) is 1.95. The Kier molecular flexibility index (Phi) is 7.77. The Labute approximate surface area is 215 Å². The van der Waals surface area contributed by atoms with E-state index in [1.165, 1.54) is 0 Å². The Morgan fingerprint density at radius 1 is 1.08 bits per heavy atom. The van der Waals surface area contributed by atoms with Crippen LogP contribution in [0.3, 0.4) is 0 Å². The summed E-state index contributed by atoms with van der Waals surface area (Å²) < 4.78 is 5.40. The predicted molar refractivity (Wildman–Crippen MR) is 141 cm³/mol. The topological polar surface area (TPSA) is 142 Å². The molecular formula is C25H30N10O2. The summed E-state index contributed by atoms with van der Waals surface area (Å²) in [6, 6.07) is 5.50. The van der Waals surface area contributed by atoms with Crippen LogP contribution in [0, 0.1) is 0 Å². The average molecular weight is 503 g/mol. The number of nitrogens with zero attached hydrogens (tertiary/aromatic N) is 6. The number of morpholine rings is 1. The fourth-order valence-corrected chi connectivity index (χ4v) is 4.18. The number of hydrogen-bond acceptors (Lipinski definition) is 10. The van der Waals surface area contributed by atoms with Crippen LogP contribution in [0.4, 0.5) is 16.4 Å². The van der Waals surface area contributed by atoms with Crippen LogP contribution >= 0.6 is 0 Å². The maximum atomic E-state index is 12.0. The van der Waals surface area contributed by atoms with Crippen LogP contribution in [0.25, 0.3) is 22.5 Å². The number of fused-ring (bicyclic) bond motifs is 1. The third-order valence-corrected chi connectivity index (χ3v) is 6.05. The van der Waals surface area contributed by atoms with E-state index in [1.807, 2.05) is 31.5 Å². The summed E-state index contributed by atoms with van der Waals surface area (Å²) in [6.45, 7) is 7.94. The Bertz CT molecular complexity index is 1240. The second kappa shape index (κ2) is 11.7. The summed E-state index contributed by atoms with van der Waals surface area (Å²) >= 11 is 0. The summed E-state index contributed by atoms with van der Waals surface area (Å²) in [6.07, 6.45) is 7.02. The van der Waals surface area contributed by atoms with E-state index >= 15 is 0 Å². The van der Waals surface area contributed by atoms with E-state index in [9.17, 15) is 4.79 Å². The number of anilines is 2. The molecule has 12 heteroatoms. The number of amides is 2. The fourth-order valence-electron chi connectivity index (χ4n) is 4.18. The highest BCUT2D eigenvalue weighted by molar-refractivity contribution is 6.07. The Hall–Kier alpha value is -4.16. The van der Waals surface area contributed by atoms with Gasteiger partial charge in [-0.25, -0.2) is 29.7 Å². The van der Waals surface area contributed by atoms with Gasteiger partial charge >= 0.3 is 6.03 Å². The SMILES string of the molecule is CCNC(=O)NC1=NCc2cc(-c3cnc(NCCN4CCOCC4)nc3)cc(-c3ncccn3)c2N1. The van der Waals surface area contributed by atoms with Gasteiger partial charge in [0.05, 0.1) is 25.4 Å². The maximum absolute atomic E-state index is 12.0. The van der Waals surface area contributed by atoms with Crippen LogP contribution in [0.5, 0.6) is 0 Å². The number of aromatic nitrogens is 4. The normalized spacial score (nSPS) is 15.2. The van der Waals surface area contributed by atoms with Crippen molar-refractivity contribution in [2.75, 3.05) is 56.6 Å². The van der Waals surface area contributed by atoms with Crippen LogP contribution in [0.2, 0.25) is 0 Å². The number of guanidine groups is 1. The van der Waals surface area contributed by atoms with Gasteiger partial charge in [0.2, 0.25) is 11.9 Å². The van der Waals surface area contributed by atoms with Crippen molar-refractivity contribution in [2.45, 2.75) is 13.5 Å². The second-order valence-electron chi connectivity index (χ2n) is 8.58. The highest BCUT2D eigenvalue weighted by atomic mass is 16.5. The van der Waals surface area contributed by atoms with Crippen molar-refractivity contribution in [3.8, 4) is 22.5 Å². The molecule has 4 heterocycles. The van der Waals surface area contributed by atoms with E-state index in [1.54, 1.807) is 18.5 Å². The molecule has 0 spiro atoms.